The zero-order valence-electron chi connectivity index (χ0n) is 37.3. The van der Waals surface area contributed by atoms with Gasteiger partial charge in [-0.15, -0.1) is 0 Å². The molecule has 0 amide bonds. The standard InChI is InChI=1S/C62H46BN3/c1-39-30-32-42(33-31-39)64-55-37-45(65(43-21-9-5-10-22-43)44-23-11-6-12-24-44)34-35-49(55)51-38-50(48-27-16-15-25-46(48)40-18-7-4-8-19-40)57-56-47-26-14-13-20-41(47)36-53-60(56)66-59-52(62(53,2)3)28-17-29-54(59)63-58(51)61(57)66/h4-38,63-64H,1-3H3. The van der Waals surface area contributed by atoms with Gasteiger partial charge in [-0.25, -0.2) is 0 Å². The molecule has 2 aliphatic heterocycles. The maximum absolute atomic E-state index is 3.99. The van der Waals surface area contributed by atoms with Crippen LogP contribution in [0.5, 0.6) is 0 Å². The van der Waals surface area contributed by atoms with Gasteiger partial charge < -0.3 is 14.8 Å². The highest BCUT2D eigenvalue weighted by atomic mass is 15.1. The first-order valence-corrected chi connectivity index (χ1v) is 23.1. The number of hydrogen-bond acceptors (Lipinski definition) is 2. The zero-order valence-corrected chi connectivity index (χ0v) is 37.3. The topological polar surface area (TPSA) is 20.2 Å². The Labute approximate surface area is 386 Å². The highest BCUT2D eigenvalue weighted by molar-refractivity contribution is 6.74. The van der Waals surface area contributed by atoms with E-state index in [1.807, 2.05) is 0 Å². The van der Waals surface area contributed by atoms with Gasteiger partial charge in [-0.2, -0.15) is 0 Å². The summed E-state index contributed by atoms with van der Waals surface area (Å²) < 4.78 is 2.69. The smallest absolute Gasteiger partial charge is 0.198 e. The molecule has 1 N–H and O–H groups in total. The lowest BCUT2D eigenvalue weighted by molar-refractivity contribution is 0.632. The van der Waals surface area contributed by atoms with Gasteiger partial charge in [0.25, 0.3) is 0 Å². The first-order chi connectivity index (χ1) is 32.4. The van der Waals surface area contributed by atoms with Crippen molar-refractivity contribution < 1.29 is 0 Å². The summed E-state index contributed by atoms with van der Waals surface area (Å²) in [6.45, 7) is 7.01. The lowest BCUT2D eigenvalue weighted by Gasteiger charge is -2.38. The Morgan fingerprint density at radius 3 is 1.89 bits per heavy atom. The number of rotatable bonds is 8. The molecule has 0 bridgehead atoms. The second-order valence-corrected chi connectivity index (χ2v) is 18.6. The SMILES string of the molecule is Cc1ccc(Nc2cc(N(c3ccccc3)c3ccccc3)ccc2-c2cc(-c3ccccc3-c3ccccc3)c3c4c5ccccc5cc5c4n4c3c2Bc2cccc(c2-4)C5(C)C)cc1. The minimum Gasteiger partial charge on any atom is -0.355 e. The molecule has 0 fully saturated rings. The highest BCUT2D eigenvalue weighted by Gasteiger charge is 2.40. The third kappa shape index (κ3) is 5.77. The molecule has 312 valence electrons. The van der Waals surface area contributed by atoms with Crippen LogP contribution >= 0.6 is 0 Å². The van der Waals surface area contributed by atoms with Gasteiger partial charge >= 0.3 is 0 Å². The van der Waals surface area contributed by atoms with Crippen molar-refractivity contribution in [2.75, 3.05) is 10.2 Å². The van der Waals surface area contributed by atoms with Crippen LogP contribution in [0.1, 0.15) is 30.5 Å². The molecule has 11 aromatic rings. The minimum atomic E-state index is -0.204. The molecule has 0 atom stereocenters. The lowest BCUT2D eigenvalue weighted by atomic mass is 9.57. The summed E-state index contributed by atoms with van der Waals surface area (Å²) in [6.07, 6.45) is 0. The summed E-state index contributed by atoms with van der Waals surface area (Å²) >= 11 is 0. The largest absolute Gasteiger partial charge is 0.355 e. The van der Waals surface area contributed by atoms with E-state index in [1.54, 1.807) is 0 Å². The van der Waals surface area contributed by atoms with Crippen molar-refractivity contribution in [3.05, 3.63) is 229 Å². The van der Waals surface area contributed by atoms with Crippen LogP contribution in [0, 0.1) is 6.92 Å². The molecule has 4 heteroatoms. The summed E-state index contributed by atoms with van der Waals surface area (Å²) in [6, 6.07) is 78.3. The number of benzene rings is 10. The van der Waals surface area contributed by atoms with Crippen LogP contribution < -0.4 is 21.1 Å². The Bertz CT molecular complexity index is 3680. The summed E-state index contributed by atoms with van der Waals surface area (Å²) in [5.41, 5.74) is 23.2. The molecule has 10 aromatic carbocycles. The van der Waals surface area contributed by atoms with Crippen LogP contribution in [0.25, 0.3) is 71.6 Å². The monoisotopic (exact) mass is 843 g/mol. The molecule has 13 rings (SSSR count). The van der Waals surface area contributed by atoms with Crippen LogP contribution in [-0.2, 0) is 5.41 Å². The maximum atomic E-state index is 3.99. The summed E-state index contributed by atoms with van der Waals surface area (Å²) in [7, 11) is 0.821. The van der Waals surface area contributed by atoms with Crippen LogP contribution in [-0.4, -0.2) is 11.8 Å². The van der Waals surface area contributed by atoms with Gasteiger partial charge in [0.05, 0.1) is 5.52 Å². The fourth-order valence-electron chi connectivity index (χ4n) is 11.3. The molecule has 0 saturated heterocycles. The Morgan fingerprint density at radius 2 is 1.15 bits per heavy atom. The molecule has 1 aromatic heterocycles. The number of aryl methyl sites for hydroxylation is 1. The molecule has 0 unspecified atom stereocenters. The number of para-hydroxylation sites is 3. The fourth-order valence-corrected chi connectivity index (χ4v) is 11.3. The van der Waals surface area contributed by atoms with Gasteiger partial charge in [0.15, 0.2) is 7.28 Å². The Morgan fingerprint density at radius 1 is 0.485 bits per heavy atom. The van der Waals surface area contributed by atoms with Crippen LogP contribution in [0.4, 0.5) is 28.4 Å². The Balaban J connectivity index is 1.18. The van der Waals surface area contributed by atoms with Gasteiger partial charge in [0.2, 0.25) is 0 Å². The second-order valence-electron chi connectivity index (χ2n) is 18.6. The number of fused-ring (bicyclic) bond motifs is 3. The molecule has 0 saturated carbocycles. The molecule has 66 heavy (non-hydrogen) atoms. The first-order valence-electron chi connectivity index (χ1n) is 23.1. The van der Waals surface area contributed by atoms with Crippen molar-refractivity contribution in [3.8, 4) is 39.1 Å². The van der Waals surface area contributed by atoms with E-state index in [9.17, 15) is 0 Å². The second kappa shape index (κ2) is 14.7. The van der Waals surface area contributed by atoms with Crippen molar-refractivity contribution in [2.24, 2.45) is 0 Å². The number of aromatic nitrogens is 1. The van der Waals surface area contributed by atoms with Gasteiger partial charge in [0, 0.05) is 61.4 Å². The summed E-state index contributed by atoms with van der Waals surface area (Å²) in [5.74, 6) is 0. The quantitative estimate of drug-likeness (QED) is 0.154. The molecule has 3 nitrogen and oxygen atoms in total. The van der Waals surface area contributed by atoms with Gasteiger partial charge in [-0.1, -0.05) is 177 Å². The predicted octanol–water partition coefficient (Wildman–Crippen LogP) is 14.8. The minimum absolute atomic E-state index is 0.204. The van der Waals surface area contributed by atoms with E-state index >= 15 is 0 Å². The third-order valence-corrected chi connectivity index (χ3v) is 14.4. The molecular weight excluding hydrogens is 798 g/mol. The van der Waals surface area contributed by atoms with Crippen LogP contribution in [0.15, 0.2) is 212 Å². The van der Waals surface area contributed by atoms with Crippen molar-refractivity contribution in [2.45, 2.75) is 26.2 Å². The van der Waals surface area contributed by atoms with Crippen molar-refractivity contribution in [1.82, 2.24) is 4.57 Å². The number of anilines is 5. The number of nitrogens with one attached hydrogen (secondary N) is 1. The zero-order chi connectivity index (χ0) is 44.1. The number of nitrogens with zero attached hydrogens (tertiary/aromatic N) is 2. The predicted molar refractivity (Wildman–Crippen MR) is 282 cm³/mol. The van der Waals surface area contributed by atoms with Crippen molar-refractivity contribution in [3.63, 3.8) is 0 Å². The Hall–Kier alpha value is -8.08. The molecule has 0 spiro atoms. The van der Waals surface area contributed by atoms with E-state index in [2.05, 4.69) is 248 Å². The van der Waals surface area contributed by atoms with Gasteiger partial charge in [-0.3, -0.25) is 0 Å². The molecule has 0 radical (unpaired) electrons. The normalized spacial score (nSPS) is 13.0. The van der Waals surface area contributed by atoms with E-state index in [1.165, 1.54) is 93.7 Å². The van der Waals surface area contributed by atoms with Crippen LogP contribution in [0.2, 0.25) is 0 Å². The van der Waals surface area contributed by atoms with E-state index in [0.717, 1.165) is 41.3 Å². The average molecular weight is 844 g/mol. The molecule has 0 aliphatic carbocycles. The fraction of sp³-hybridized carbons (Fsp3) is 0.0645. The van der Waals surface area contributed by atoms with E-state index < -0.39 is 0 Å². The Kier molecular flexibility index (Phi) is 8.57. The summed E-state index contributed by atoms with van der Waals surface area (Å²) in [5, 5.41) is 9.23. The van der Waals surface area contributed by atoms with Crippen LogP contribution in [0.3, 0.4) is 0 Å². The average Bonchev–Trinajstić information content (AvgIpc) is 3.73. The van der Waals surface area contributed by atoms with Gasteiger partial charge in [0.1, 0.15) is 0 Å². The third-order valence-electron chi connectivity index (χ3n) is 14.4. The molecule has 3 heterocycles. The first kappa shape index (κ1) is 38.4. The van der Waals surface area contributed by atoms with Crippen molar-refractivity contribution in [1.29, 1.82) is 0 Å². The molecular formula is C62H46BN3. The highest BCUT2D eigenvalue weighted by Crippen LogP contribution is 2.53. The van der Waals surface area contributed by atoms with E-state index in [0.29, 0.717) is 0 Å². The maximum Gasteiger partial charge on any atom is 0.198 e. The van der Waals surface area contributed by atoms with Gasteiger partial charge in [-0.05, 0) is 123 Å². The number of hydrogen-bond donors (Lipinski definition) is 1. The van der Waals surface area contributed by atoms with Crippen molar-refractivity contribution >= 4 is 79.2 Å². The van der Waals surface area contributed by atoms with E-state index in [-0.39, 0.29) is 5.41 Å². The van der Waals surface area contributed by atoms with E-state index in [4.69, 9.17) is 0 Å². The molecule has 2 aliphatic rings. The lowest BCUT2D eigenvalue weighted by Crippen LogP contribution is -2.41. The summed E-state index contributed by atoms with van der Waals surface area (Å²) in [4.78, 5) is 2.36.